The van der Waals surface area contributed by atoms with Crippen molar-refractivity contribution in [2.24, 2.45) is 12.8 Å². The molecule has 2 heterocycles. The van der Waals surface area contributed by atoms with Crippen LogP contribution in [-0.4, -0.2) is 20.2 Å². The number of hydrogen-bond acceptors (Lipinski definition) is 5. The van der Waals surface area contributed by atoms with Crippen LogP contribution in [0.15, 0.2) is 21.2 Å². The minimum absolute atomic E-state index is 0.250. The second-order valence-corrected chi connectivity index (χ2v) is 3.93. The number of nitrogens with two attached hydrogens (primary N) is 1. The van der Waals surface area contributed by atoms with Gasteiger partial charge in [0.1, 0.15) is 5.76 Å². The van der Waals surface area contributed by atoms with Gasteiger partial charge in [-0.05, 0) is 33.3 Å². The topological polar surface area (TPSA) is 82.8 Å². The van der Waals surface area contributed by atoms with Gasteiger partial charge >= 0.3 is 0 Å². The Morgan fingerprint density at radius 1 is 1.60 bits per heavy atom. The van der Waals surface area contributed by atoms with Crippen LogP contribution in [0.25, 0.3) is 0 Å². The summed E-state index contributed by atoms with van der Waals surface area (Å²) in [4.78, 5) is 1.40. The van der Waals surface area contributed by atoms with E-state index in [-0.39, 0.29) is 6.04 Å². The van der Waals surface area contributed by atoms with Gasteiger partial charge in [0.25, 0.3) is 0 Å². The van der Waals surface area contributed by atoms with E-state index in [2.05, 4.69) is 31.3 Å². The Labute approximate surface area is 94.6 Å². The molecule has 0 aliphatic carbocycles. The molecule has 7 heteroatoms. The summed E-state index contributed by atoms with van der Waals surface area (Å²) in [6, 6.07) is 3.38. The summed E-state index contributed by atoms with van der Waals surface area (Å²) in [5, 5.41) is 11.6. The molecule has 0 bridgehead atoms. The van der Waals surface area contributed by atoms with E-state index in [0.29, 0.717) is 22.7 Å². The molecule has 0 saturated heterocycles. The molecule has 0 spiro atoms. The molecular formula is C8H10BrN5O. The van der Waals surface area contributed by atoms with Crippen LogP contribution in [0, 0.1) is 0 Å². The minimum atomic E-state index is -0.250. The van der Waals surface area contributed by atoms with Crippen molar-refractivity contribution in [1.29, 1.82) is 0 Å². The highest BCUT2D eigenvalue weighted by molar-refractivity contribution is 9.10. The maximum absolute atomic E-state index is 5.92. The second kappa shape index (κ2) is 4.11. The Morgan fingerprint density at radius 3 is 2.93 bits per heavy atom. The first-order chi connectivity index (χ1) is 7.15. The van der Waals surface area contributed by atoms with Crippen LogP contribution in [0.3, 0.4) is 0 Å². The lowest BCUT2D eigenvalue weighted by molar-refractivity contribution is 0.444. The number of aryl methyl sites for hydroxylation is 1. The first kappa shape index (κ1) is 10.3. The van der Waals surface area contributed by atoms with Crippen molar-refractivity contribution >= 4 is 15.9 Å². The number of aromatic nitrogens is 4. The number of halogens is 1. The van der Waals surface area contributed by atoms with E-state index in [9.17, 15) is 0 Å². The number of tetrazole rings is 1. The van der Waals surface area contributed by atoms with Gasteiger partial charge in [-0.3, -0.25) is 0 Å². The summed E-state index contributed by atoms with van der Waals surface area (Å²) in [5.74, 6) is 1.31. The van der Waals surface area contributed by atoms with E-state index in [0.717, 1.165) is 0 Å². The third-order valence-electron chi connectivity index (χ3n) is 1.91. The zero-order valence-corrected chi connectivity index (χ0v) is 9.68. The normalized spacial score (nSPS) is 13.0. The van der Waals surface area contributed by atoms with Crippen molar-refractivity contribution in [1.82, 2.24) is 20.2 Å². The summed E-state index contributed by atoms with van der Waals surface area (Å²) in [5.41, 5.74) is 5.92. The average molecular weight is 272 g/mol. The van der Waals surface area contributed by atoms with Crippen molar-refractivity contribution in [3.8, 4) is 0 Å². The zero-order valence-electron chi connectivity index (χ0n) is 8.09. The molecule has 0 amide bonds. The van der Waals surface area contributed by atoms with Crippen LogP contribution in [0.4, 0.5) is 0 Å². The number of nitrogens with zero attached hydrogens (tertiary/aromatic N) is 4. The Bertz CT molecular complexity index is 451. The smallest absolute Gasteiger partial charge is 0.176 e. The fourth-order valence-corrected chi connectivity index (χ4v) is 1.55. The fraction of sp³-hybridized carbons (Fsp3) is 0.375. The SMILES string of the molecule is Cn1nnc(CC(N)c2ccc(Br)o2)n1. The third-order valence-corrected chi connectivity index (χ3v) is 2.34. The molecule has 0 radical (unpaired) electrons. The number of rotatable bonds is 3. The maximum atomic E-state index is 5.92. The van der Waals surface area contributed by atoms with Crippen LogP contribution in [-0.2, 0) is 13.5 Å². The molecule has 1 unspecified atom stereocenters. The number of furan rings is 1. The van der Waals surface area contributed by atoms with E-state index < -0.39 is 0 Å². The van der Waals surface area contributed by atoms with Crippen LogP contribution in [0.5, 0.6) is 0 Å². The predicted octanol–water partition coefficient (Wildman–Crippen LogP) is 0.808. The molecule has 2 aromatic rings. The fourth-order valence-electron chi connectivity index (χ4n) is 1.23. The molecule has 2 rings (SSSR count). The highest BCUT2D eigenvalue weighted by atomic mass is 79.9. The summed E-state index contributed by atoms with van der Waals surface area (Å²) in [6.07, 6.45) is 0.508. The van der Waals surface area contributed by atoms with E-state index in [1.54, 1.807) is 13.1 Å². The highest BCUT2D eigenvalue weighted by Gasteiger charge is 2.13. The van der Waals surface area contributed by atoms with Gasteiger partial charge in [0, 0.05) is 6.42 Å². The molecule has 2 aromatic heterocycles. The molecule has 2 N–H and O–H groups in total. The molecule has 0 saturated carbocycles. The van der Waals surface area contributed by atoms with Gasteiger partial charge in [0.05, 0.1) is 13.1 Å². The van der Waals surface area contributed by atoms with Crippen molar-refractivity contribution in [2.45, 2.75) is 12.5 Å². The Kier molecular flexibility index (Phi) is 2.83. The highest BCUT2D eigenvalue weighted by Crippen LogP contribution is 2.20. The maximum Gasteiger partial charge on any atom is 0.176 e. The Hall–Kier alpha value is -1.21. The molecule has 0 aliphatic heterocycles. The molecule has 0 aliphatic rings. The quantitative estimate of drug-likeness (QED) is 0.893. The molecule has 15 heavy (non-hydrogen) atoms. The first-order valence-electron chi connectivity index (χ1n) is 4.39. The van der Waals surface area contributed by atoms with Crippen LogP contribution < -0.4 is 5.73 Å². The molecular weight excluding hydrogens is 262 g/mol. The van der Waals surface area contributed by atoms with Gasteiger partial charge in [-0.25, -0.2) is 0 Å². The predicted molar refractivity (Wildman–Crippen MR) is 55.8 cm³/mol. The van der Waals surface area contributed by atoms with Crippen LogP contribution >= 0.6 is 15.9 Å². The van der Waals surface area contributed by atoms with Crippen molar-refractivity contribution < 1.29 is 4.42 Å². The van der Waals surface area contributed by atoms with Gasteiger partial charge in [-0.15, -0.1) is 10.2 Å². The average Bonchev–Trinajstić information content (AvgIpc) is 2.75. The molecule has 0 fully saturated rings. The largest absolute Gasteiger partial charge is 0.453 e. The summed E-state index contributed by atoms with van der Waals surface area (Å²) in [7, 11) is 1.71. The standard InChI is InChI=1S/C8H10BrN5O/c1-14-12-8(11-13-14)4-5(10)6-2-3-7(9)15-6/h2-3,5H,4,10H2,1H3. The third kappa shape index (κ3) is 2.42. The molecule has 0 aromatic carbocycles. The van der Waals surface area contributed by atoms with Crippen molar-refractivity contribution in [3.05, 3.63) is 28.4 Å². The van der Waals surface area contributed by atoms with Crippen LogP contribution in [0.1, 0.15) is 17.6 Å². The molecule has 6 nitrogen and oxygen atoms in total. The van der Waals surface area contributed by atoms with Gasteiger partial charge < -0.3 is 10.2 Å². The van der Waals surface area contributed by atoms with Gasteiger partial charge in [0.2, 0.25) is 0 Å². The summed E-state index contributed by atoms with van der Waals surface area (Å²) < 4.78 is 6.00. The van der Waals surface area contributed by atoms with E-state index in [4.69, 9.17) is 10.2 Å². The monoisotopic (exact) mass is 271 g/mol. The second-order valence-electron chi connectivity index (χ2n) is 3.15. The summed E-state index contributed by atoms with van der Waals surface area (Å²) in [6.45, 7) is 0. The van der Waals surface area contributed by atoms with Crippen LogP contribution in [0.2, 0.25) is 0 Å². The minimum Gasteiger partial charge on any atom is -0.453 e. The zero-order chi connectivity index (χ0) is 10.8. The first-order valence-corrected chi connectivity index (χ1v) is 5.18. The van der Waals surface area contributed by atoms with Gasteiger partial charge in [0.15, 0.2) is 10.5 Å². The Balaban J connectivity index is 2.06. The lowest BCUT2D eigenvalue weighted by Crippen LogP contribution is -2.13. The molecule has 80 valence electrons. The van der Waals surface area contributed by atoms with Gasteiger partial charge in [-0.1, -0.05) is 0 Å². The van der Waals surface area contributed by atoms with E-state index in [1.165, 1.54) is 4.80 Å². The summed E-state index contributed by atoms with van der Waals surface area (Å²) >= 11 is 3.22. The van der Waals surface area contributed by atoms with E-state index >= 15 is 0 Å². The lowest BCUT2D eigenvalue weighted by atomic mass is 10.1. The Morgan fingerprint density at radius 2 is 2.40 bits per heavy atom. The van der Waals surface area contributed by atoms with Gasteiger partial charge in [-0.2, -0.15) is 4.80 Å². The number of hydrogen-bond donors (Lipinski definition) is 1. The van der Waals surface area contributed by atoms with Crippen molar-refractivity contribution in [3.63, 3.8) is 0 Å². The molecule has 1 atom stereocenters. The van der Waals surface area contributed by atoms with Crippen molar-refractivity contribution in [2.75, 3.05) is 0 Å². The van der Waals surface area contributed by atoms with E-state index in [1.807, 2.05) is 6.07 Å². The lowest BCUT2D eigenvalue weighted by Gasteiger charge is -2.04.